The molecule has 62 heavy (non-hydrogen) atoms. The van der Waals surface area contributed by atoms with Crippen LogP contribution in [0.15, 0.2) is 134 Å². The number of benzene rings is 6. The summed E-state index contributed by atoms with van der Waals surface area (Å²) in [5.41, 5.74) is 11.6. The number of hydrogen-bond acceptors (Lipinski definition) is 3. The first-order chi connectivity index (χ1) is 31.3. The molecule has 0 saturated heterocycles. The van der Waals surface area contributed by atoms with Gasteiger partial charge in [0.05, 0.1) is 16.9 Å². The van der Waals surface area contributed by atoms with E-state index in [1.165, 1.54) is 22.3 Å². The van der Waals surface area contributed by atoms with Crippen LogP contribution < -0.4 is 4.40 Å². The van der Waals surface area contributed by atoms with E-state index < -0.39 is 26.5 Å². The first kappa shape index (κ1) is 39.0. The van der Waals surface area contributed by atoms with Gasteiger partial charge >= 0.3 is 128 Å². The zero-order chi connectivity index (χ0) is 47.3. The van der Waals surface area contributed by atoms with Crippen LogP contribution in [0.25, 0.3) is 70.7 Å². The Morgan fingerprint density at radius 3 is 2.11 bits per heavy atom. The third-order valence-electron chi connectivity index (χ3n) is 11.1. The molecule has 0 aliphatic carbocycles. The Labute approximate surface area is 396 Å². The average molecular weight is 1070 g/mol. The second-order valence-corrected chi connectivity index (χ2v) is 29.4. The summed E-state index contributed by atoms with van der Waals surface area (Å²) in [5, 5.41) is 1.72. The number of hydrogen-bond donors (Lipinski definition) is 0. The smallest absolute Gasteiger partial charge is 0 e. The topological polar surface area (TPSA) is 30.7 Å². The van der Waals surface area contributed by atoms with Crippen LogP contribution in [-0.4, -0.2) is 27.8 Å². The summed E-state index contributed by atoms with van der Waals surface area (Å²) in [6, 6.07) is 49.5. The summed E-state index contributed by atoms with van der Waals surface area (Å²) in [6.07, 6.45) is 0.562. The third-order valence-corrected chi connectivity index (χ3v) is 16.5. The molecule has 0 unspecified atom stereocenters. The van der Waals surface area contributed by atoms with Gasteiger partial charge in [-0.2, -0.15) is 11.3 Å². The predicted octanol–water partition coefficient (Wildman–Crippen LogP) is 15.4. The van der Waals surface area contributed by atoms with E-state index in [0.29, 0.717) is 5.56 Å². The molecular weight excluding hydrogens is 1010 g/mol. The Morgan fingerprint density at radius 2 is 1.45 bits per heavy atom. The van der Waals surface area contributed by atoms with E-state index >= 15 is 0 Å². The molecule has 3 aromatic heterocycles. The van der Waals surface area contributed by atoms with Crippen molar-refractivity contribution in [2.75, 3.05) is 0 Å². The van der Waals surface area contributed by atoms with Gasteiger partial charge in [-0.1, -0.05) is 106 Å². The number of nitrogens with zero attached hydrogens (tertiary/aromatic N) is 3. The van der Waals surface area contributed by atoms with E-state index in [2.05, 4.69) is 133 Å². The molecule has 0 atom stereocenters. The molecule has 317 valence electrons. The zero-order valence-electron chi connectivity index (χ0n) is 42.0. The Bertz CT molecular complexity index is 3160. The minimum Gasteiger partial charge on any atom is 0 e. The van der Waals surface area contributed by atoms with Gasteiger partial charge in [0.15, 0.2) is 0 Å². The molecule has 0 bridgehead atoms. The molecule has 0 aliphatic heterocycles. The van der Waals surface area contributed by atoms with Crippen molar-refractivity contribution in [1.29, 1.82) is 0 Å². The van der Waals surface area contributed by atoms with Crippen molar-refractivity contribution in [3.8, 4) is 39.5 Å². The fourth-order valence-electron chi connectivity index (χ4n) is 8.16. The van der Waals surface area contributed by atoms with Crippen molar-refractivity contribution >= 4 is 60.2 Å². The van der Waals surface area contributed by atoms with E-state index in [1.54, 1.807) is 17.4 Å². The number of pyridine rings is 1. The summed E-state index contributed by atoms with van der Waals surface area (Å²) in [4.78, 5) is 9.85. The predicted molar refractivity (Wildman–Crippen MR) is 267 cm³/mol. The number of thiophene rings is 1. The van der Waals surface area contributed by atoms with Crippen LogP contribution >= 0.6 is 11.3 Å². The van der Waals surface area contributed by atoms with Crippen molar-refractivity contribution in [3.05, 3.63) is 168 Å². The molecule has 0 amide bonds. The van der Waals surface area contributed by atoms with Gasteiger partial charge in [0.2, 0.25) is 0 Å². The molecule has 1 radical (unpaired) electrons. The maximum absolute atomic E-state index is 8.56. The minimum absolute atomic E-state index is 0. The number of imidazole rings is 1. The molecule has 9 rings (SSSR count). The Balaban J connectivity index is 0.000000245. The summed E-state index contributed by atoms with van der Waals surface area (Å²) < 4.78 is 47.6. The van der Waals surface area contributed by atoms with Crippen molar-refractivity contribution in [1.82, 2.24) is 14.5 Å². The fraction of sp³-hybridized carbons (Fsp3) is 0.250. The molecule has 3 heterocycles. The van der Waals surface area contributed by atoms with Gasteiger partial charge < -0.3 is 4.57 Å². The molecule has 3 nitrogen and oxygen atoms in total. The van der Waals surface area contributed by atoms with Gasteiger partial charge in [0.1, 0.15) is 0 Å². The van der Waals surface area contributed by atoms with Crippen LogP contribution in [0.5, 0.6) is 0 Å². The average Bonchev–Trinajstić information content (AvgIpc) is 3.87. The number of aryl methyl sites for hydroxylation is 1. The largest absolute Gasteiger partial charge is 0 e. The summed E-state index contributed by atoms with van der Waals surface area (Å²) in [6.45, 7) is 10.6. The van der Waals surface area contributed by atoms with Crippen molar-refractivity contribution < 1.29 is 27.0 Å². The second-order valence-electron chi connectivity index (χ2n) is 17.8. The van der Waals surface area contributed by atoms with Crippen LogP contribution in [0.4, 0.5) is 0 Å². The SMILES string of the molecule is [2H]C([2H])([2H])c1c[c-]c(-c2nc3ccccc3n2-c2c(C(C)C)cc(-c3ccccc3)cc2C(C)C)c2sc3ccccc3c12.[2H]C([2H])(c1cc(-c2[c-]cccc2)nc[c]1[Ge]([CH3])([CH3])[CH3])C(C)C.[Ir]. The van der Waals surface area contributed by atoms with Gasteiger partial charge in [-0.15, -0.1) is 17.7 Å². The fourth-order valence-corrected chi connectivity index (χ4v) is 12.3. The van der Waals surface area contributed by atoms with Gasteiger partial charge in [-0.05, 0) is 74.5 Å². The Kier molecular flexibility index (Phi) is 11.9. The van der Waals surface area contributed by atoms with E-state index in [-0.39, 0.29) is 37.9 Å². The van der Waals surface area contributed by atoms with E-state index in [4.69, 9.17) is 11.8 Å². The van der Waals surface area contributed by atoms with Crippen LogP contribution in [0.3, 0.4) is 0 Å². The molecule has 0 aliphatic rings. The van der Waals surface area contributed by atoms with Gasteiger partial charge in [-0.3, -0.25) is 4.98 Å². The molecule has 0 N–H and O–H groups in total. The van der Waals surface area contributed by atoms with E-state index in [0.717, 1.165) is 69.5 Å². The van der Waals surface area contributed by atoms with Gasteiger partial charge in [-0.25, -0.2) is 0 Å². The normalized spacial score (nSPS) is 13.4. The number of rotatable bonds is 9. The molecule has 6 aromatic carbocycles. The van der Waals surface area contributed by atoms with Gasteiger partial charge in [0.25, 0.3) is 0 Å². The van der Waals surface area contributed by atoms with Crippen LogP contribution in [-0.2, 0) is 26.5 Å². The minimum atomic E-state index is -2.26. The molecule has 9 aromatic rings. The number of aromatic nitrogens is 3. The maximum Gasteiger partial charge on any atom is 0 e. The quantitative estimate of drug-likeness (QED) is 0.107. The first-order valence-corrected chi connectivity index (χ1v) is 29.5. The Morgan fingerprint density at radius 1 is 0.774 bits per heavy atom. The van der Waals surface area contributed by atoms with Crippen LogP contribution in [0.1, 0.15) is 82.5 Å². The van der Waals surface area contributed by atoms with Crippen molar-refractivity contribution in [2.24, 2.45) is 5.92 Å². The molecular formula is C56H57GeIrN3S-2. The van der Waals surface area contributed by atoms with Crippen LogP contribution in [0.2, 0.25) is 17.3 Å². The number of fused-ring (bicyclic) bond motifs is 4. The molecule has 0 spiro atoms. The summed E-state index contributed by atoms with van der Waals surface area (Å²) in [7, 11) is 0. The zero-order valence-corrected chi connectivity index (χ0v) is 42.3. The first-order valence-electron chi connectivity index (χ1n) is 23.8. The van der Waals surface area contributed by atoms with Crippen LogP contribution in [0, 0.1) is 24.9 Å². The Hall–Kier alpha value is -4.65. The molecule has 6 heteroatoms. The summed E-state index contributed by atoms with van der Waals surface area (Å²) >= 11 is -0.589. The maximum atomic E-state index is 8.56. The number of para-hydroxylation sites is 2. The van der Waals surface area contributed by atoms with E-state index in [9.17, 15) is 0 Å². The molecule has 0 saturated carbocycles. The van der Waals surface area contributed by atoms with Crippen molar-refractivity contribution in [2.45, 2.75) is 83.9 Å². The second kappa shape index (κ2) is 19.0. The molecule has 0 fully saturated rings. The summed E-state index contributed by atoms with van der Waals surface area (Å²) in [5.74, 6) is 8.03. The monoisotopic (exact) mass is 1080 g/mol. The van der Waals surface area contributed by atoms with E-state index in [1.807, 2.05) is 74.6 Å². The van der Waals surface area contributed by atoms with Crippen molar-refractivity contribution in [3.63, 3.8) is 0 Å². The van der Waals surface area contributed by atoms with Gasteiger partial charge in [0, 0.05) is 34.6 Å². The third kappa shape index (κ3) is 9.20. The standard InChI is InChI=1S/C38H33N2S.C18H24GeN.Ir/c1-23(2)30-21-27(26-13-7-6-8-14-26)22-31(24(3)4)36(30)40-33-17-11-10-16-32(33)39-38(40)29-20-19-25(5)35-28-15-9-12-18-34(28)41-37(29)35;1-14(2)11-16-12-18(15-9-7-6-8-10-15)20-13-17(16)19(3,4)5;/h6-19,21-24H,1-5H3;6-9,12-14H,11H2,1-5H3;/q2*-1;/i5D3;11D2;.